The van der Waals surface area contributed by atoms with Crippen LogP contribution >= 0.6 is 11.8 Å². The van der Waals surface area contributed by atoms with Gasteiger partial charge in [0.15, 0.2) is 6.79 Å². The maximum absolute atomic E-state index is 9.09. The fourth-order valence-electron chi connectivity index (χ4n) is 1.91. The maximum atomic E-state index is 9.09. The Balaban J connectivity index is 2.02. The van der Waals surface area contributed by atoms with Crippen LogP contribution in [0.2, 0.25) is 0 Å². The third kappa shape index (κ3) is 1.46. The summed E-state index contributed by atoms with van der Waals surface area (Å²) in [4.78, 5) is 0. The SMILES string of the molecule is OCC1=CN(Cl)C2=CC3OCOC3=CC2=C1. The van der Waals surface area contributed by atoms with E-state index in [1.807, 2.05) is 18.2 Å². The van der Waals surface area contributed by atoms with Crippen LogP contribution in [0.3, 0.4) is 0 Å². The average Bonchev–Trinajstić information content (AvgIpc) is 2.73. The van der Waals surface area contributed by atoms with Gasteiger partial charge in [-0.15, -0.1) is 0 Å². The van der Waals surface area contributed by atoms with E-state index in [4.69, 9.17) is 26.4 Å². The highest BCUT2D eigenvalue weighted by Crippen LogP contribution is 2.35. The molecule has 3 rings (SSSR count). The predicted molar refractivity (Wildman–Crippen MR) is 57.9 cm³/mol. The van der Waals surface area contributed by atoms with Crippen LogP contribution in [0.1, 0.15) is 0 Å². The van der Waals surface area contributed by atoms with E-state index < -0.39 is 0 Å². The maximum Gasteiger partial charge on any atom is 0.189 e. The van der Waals surface area contributed by atoms with E-state index >= 15 is 0 Å². The fraction of sp³-hybridized carbons (Fsp3) is 0.273. The van der Waals surface area contributed by atoms with Crippen LogP contribution in [-0.2, 0) is 9.47 Å². The Morgan fingerprint density at radius 1 is 1.50 bits per heavy atom. The minimum Gasteiger partial charge on any atom is -0.469 e. The summed E-state index contributed by atoms with van der Waals surface area (Å²) in [5.74, 6) is 0.791. The van der Waals surface area contributed by atoms with Gasteiger partial charge in [0.1, 0.15) is 11.9 Å². The second-order valence-corrected chi connectivity index (χ2v) is 4.09. The molecule has 2 heterocycles. The van der Waals surface area contributed by atoms with Crippen molar-refractivity contribution < 1.29 is 14.6 Å². The lowest BCUT2D eigenvalue weighted by Gasteiger charge is -2.26. The topological polar surface area (TPSA) is 41.9 Å². The second kappa shape index (κ2) is 3.66. The number of hydrogen-bond donors (Lipinski definition) is 1. The molecule has 16 heavy (non-hydrogen) atoms. The largest absolute Gasteiger partial charge is 0.469 e. The zero-order chi connectivity index (χ0) is 11.1. The average molecular weight is 240 g/mol. The highest BCUT2D eigenvalue weighted by molar-refractivity contribution is 6.15. The number of aliphatic hydroxyl groups excluding tert-OH is 1. The van der Waals surface area contributed by atoms with Gasteiger partial charge in [-0.3, -0.25) is 4.42 Å². The van der Waals surface area contributed by atoms with Gasteiger partial charge in [-0.25, -0.2) is 0 Å². The van der Waals surface area contributed by atoms with Crippen LogP contribution in [0.15, 0.2) is 47.0 Å². The molecule has 0 spiro atoms. The van der Waals surface area contributed by atoms with E-state index in [-0.39, 0.29) is 19.5 Å². The molecule has 1 atom stereocenters. The number of aliphatic hydroxyl groups is 1. The molecule has 2 aliphatic heterocycles. The van der Waals surface area contributed by atoms with Crippen LogP contribution in [0.4, 0.5) is 0 Å². The van der Waals surface area contributed by atoms with E-state index in [1.54, 1.807) is 6.20 Å². The first kappa shape index (κ1) is 9.96. The third-order valence-corrected chi connectivity index (χ3v) is 2.97. The molecule has 1 saturated heterocycles. The number of rotatable bonds is 1. The molecule has 0 aromatic carbocycles. The van der Waals surface area contributed by atoms with E-state index in [9.17, 15) is 0 Å². The predicted octanol–water partition coefficient (Wildman–Crippen LogP) is 1.41. The fourth-order valence-corrected chi connectivity index (χ4v) is 2.19. The van der Waals surface area contributed by atoms with Crippen molar-refractivity contribution in [2.24, 2.45) is 0 Å². The molecule has 1 fully saturated rings. The summed E-state index contributed by atoms with van der Waals surface area (Å²) in [6.07, 6.45) is 7.23. The first-order valence-electron chi connectivity index (χ1n) is 4.94. The van der Waals surface area contributed by atoms with Crippen molar-refractivity contribution in [3.63, 3.8) is 0 Å². The van der Waals surface area contributed by atoms with Crippen LogP contribution < -0.4 is 0 Å². The minimum absolute atomic E-state index is 0.0377. The zero-order valence-electron chi connectivity index (χ0n) is 8.39. The van der Waals surface area contributed by atoms with Crippen LogP contribution in [0, 0.1) is 0 Å². The Morgan fingerprint density at radius 3 is 3.19 bits per heavy atom. The molecule has 0 aromatic rings. The van der Waals surface area contributed by atoms with Gasteiger partial charge in [0, 0.05) is 23.5 Å². The van der Waals surface area contributed by atoms with Crippen molar-refractivity contribution in [3.8, 4) is 0 Å². The molecule has 5 heteroatoms. The highest BCUT2D eigenvalue weighted by Gasteiger charge is 2.29. The Bertz CT molecular complexity index is 450. The van der Waals surface area contributed by atoms with E-state index in [2.05, 4.69) is 0 Å². The smallest absolute Gasteiger partial charge is 0.189 e. The number of allylic oxidation sites excluding steroid dienone is 1. The molecule has 0 saturated carbocycles. The Kier molecular flexibility index (Phi) is 2.28. The van der Waals surface area contributed by atoms with Crippen molar-refractivity contribution in [2.45, 2.75) is 6.10 Å². The standard InChI is InChI=1S/C11H10ClNO3/c12-13-4-7(5-14)1-8-2-10-11(3-9(8)13)16-6-15-10/h1-4,11,14H,5-6H2. The molecule has 0 bridgehead atoms. The van der Waals surface area contributed by atoms with Gasteiger partial charge < -0.3 is 14.6 Å². The molecule has 1 N–H and O–H groups in total. The molecule has 0 radical (unpaired) electrons. The van der Waals surface area contributed by atoms with Gasteiger partial charge in [0.05, 0.1) is 12.3 Å². The third-order valence-electron chi connectivity index (χ3n) is 2.69. The molecule has 84 valence electrons. The van der Waals surface area contributed by atoms with Crippen molar-refractivity contribution in [1.82, 2.24) is 4.42 Å². The second-order valence-electron chi connectivity index (χ2n) is 3.72. The zero-order valence-corrected chi connectivity index (χ0v) is 9.15. The van der Waals surface area contributed by atoms with Crippen LogP contribution in [0.25, 0.3) is 0 Å². The Labute approximate surface area is 97.8 Å². The van der Waals surface area contributed by atoms with Gasteiger partial charge in [-0.1, -0.05) is 0 Å². The summed E-state index contributed by atoms with van der Waals surface area (Å²) in [6.45, 7) is 0.236. The summed E-state index contributed by atoms with van der Waals surface area (Å²) >= 11 is 6.07. The molecule has 0 amide bonds. The number of fused-ring (bicyclic) bond motifs is 2. The summed E-state index contributed by atoms with van der Waals surface area (Å²) in [5.41, 5.74) is 2.55. The number of halogens is 1. The summed E-state index contributed by atoms with van der Waals surface area (Å²) in [7, 11) is 0. The first-order valence-corrected chi connectivity index (χ1v) is 5.28. The van der Waals surface area contributed by atoms with Crippen molar-refractivity contribution in [1.29, 1.82) is 0 Å². The molecule has 1 aliphatic carbocycles. The Hall–Kier alpha value is -1.23. The van der Waals surface area contributed by atoms with Crippen molar-refractivity contribution >= 4 is 11.8 Å². The number of nitrogens with zero attached hydrogens (tertiary/aromatic N) is 1. The van der Waals surface area contributed by atoms with Crippen molar-refractivity contribution in [2.75, 3.05) is 13.4 Å². The summed E-state index contributed by atoms with van der Waals surface area (Å²) in [6, 6.07) is 0. The number of hydrogen-bond acceptors (Lipinski definition) is 4. The molecular weight excluding hydrogens is 230 g/mol. The molecule has 4 nitrogen and oxygen atoms in total. The van der Waals surface area contributed by atoms with E-state index in [0.717, 1.165) is 22.6 Å². The minimum atomic E-state index is -0.141. The van der Waals surface area contributed by atoms with Gasteiger partial charge in [-0.05, 0) is 23.8 Å². The monoisotopic (exact) mass is 239 g/mol. The van der Waals surface area contributed by atoms with Crippen LogP contribution in [0.5, 0.6) is 0 Å². The molecule has 3 aliphatic rings. The quantitative estimate of drug-likeness (QED) is 0.703. The number of ether oxygens (including phenoxy) is 2. The molecule has 0 aromatic heterocycles. The lowest BCUT2D eigenvalue weighted by Crippen LogP contribution is -2.19. The lowest BCUT2D eigenvalue weighted by molar-refractivity contribution is 0.0628. The van der Waals surface area contributed by atoms with Crippen molar-refractivity contribution in [3.05, 3.63) is 47.0 Å². The highest BCUT2D eigenvalue weighted by atomic mass is 35.5. The van der Waals surface area contributed by atoms with E-state index in [1.165, 1.54) is 4.42 Å². The first-order chi connectivity index (χ1) is 7.78. The van der Waals surface area contributed by atoms with Gasteiger partial charge >= 0.3 is 0 Å². The van der Waals surface area contributed by atoms with Gasteiger partial charge in [0.25, 0.3) is 0 Å². The molecular formula is C11H10ClNO3. The van der Waals surface area contributed by atoms with Crippen LogP contribution in [-0.4, -0.2) is 29.0 Å². The van der Waals surface area contributed by atoms with Gasteiger partial charge in [0.2, 0.25) is 0 Å². The summed E-state index contributed by atoms with van der Waals surface area (Å²) < 4.78 is 12.1. The van der Waals surface area contributed by atoms with Gasteiger partial charge in [-0.2, -0.15) is 0 Å². The lowest BCUT2D eigenvalue weighted by atomic mass is 9.98. The summed E-state index contributed by atoms with van der Waals surface area (Å²) in [5, 5.41) is 9.09. The molecule has 1 unspecified atom stereocenters. The normalized spacial score (nSPS) is 27.1. The Morgan fingerprint density at radius 2 is 2.38 bits per heavy atom. The van der Waals surface area contributed by atoms with E-state index in [0.29, 0.717) is 0 Å².